The van der Waals surface area contributed by atoms with E-state index in [0.29, 0.717) is 19.5 Å². The Kier molecular flexibility index (Phi) is 4.46. The van der Waals surface area contributed by atoms with Crippen molar-refractivity contribution in [1.29, 1.82) is 0 Å². The first-order valence-electron chi connectivity index (χ1n) is 8.17. The van der Waals surface area contributed by atoms with Gasteiger partial charge in [0.1, 0.15) is 5.82 Å². The maximum Gasteiger partial charge on any atom is 0.243 e. The van der Waals surface area contributed by atoms with Gasteiger partial charge in [-0.2, -0.15) is 4.31 Å². The van der Waals surface area contributed by atoms with Crippen LogP contribution in [0.1, 0.15) is 12.0 Å². The Morgan fingerprint density at radius 2 is 1.88 bits per heavy atom. The summed E-state index contributed by atoms with van der Waals surface area (Å²) >= 11 is 3.49. The minimum atomic E-state index is -3.61. The normalized spacial score (nSPS) is 16.0. The number of nitrogens with zero attached hydrogens (tertiary/aromatic N) is 1. The van der Waals surface area contributed by atoms with Gasteiger partial charge in [-0.25, -0.2) is 12.8 Å². The molecule has 2 heterocycles. The van der Waals surface area contributed by atoms with Gasteiger partial charge in [-0.1, -0.05) is 22.0 Å². The van der Waals surface area contributed by atoms with Crippen LogP contribution in [-0.2, 0) is 10.0 Å². The number of sulfonamides is 1. The number of H-pyrrole nitrogens is 1. The molecule has 0 radical (unpaired) electrons. The second-order valence-electron chi connectivity index (χ2n) is 6.19. The van der Waals surface area contributed by atoms with Crippen LogP contribution < -0.4 is 0 Å². The van der Waals surface area contributed by atoms with Gasteiger partial charge in [0, 0.05) is 40.2 Å². The molecule has 7 heteroatoms. The lowest BCUT2D eigenvalue weighted by atomic mass is 10.00. The summed E-state index contributed by atoms with van der Waals surface area (Å²) in [6.45, 7) is 0.696. The molecular weight excluding hydrogens is 419 g/mol. The van der Waals surface area contributed by atoms with E-state index in [1.165, 1.54) is 28.6 Å². The van der Waals surface area contributed by atoms with E-state index in [0.717, 1.165) is 26.5 Å². The molecule has 3 aromatic rings. The molecule has 0 amide bonds. The molecular formula is C19H16BrFN2O2S. The number of nitrogens with one attached hydrogen (secondary N) is 1. The van der Waals surface area contributed by atoms with Crippen molar-refractivity contribution in [3.63, 3.8) is 0 Å². The van der Waals surface area contributed by atoms with Crippen LogP contribution in [0.25, 0.3) is 16.5 Å². The van der Waals surface area contributed by atoms with Gasteiger partial charge in [-0.05, 0) is 54.5 Å². The first-order valence-corrected chi connectivity index (χ1v) is 10.4. The van der Waals surface area contributed by atoms with E-state index in [9.17, 15) is 12.8 Å². The van der Waals surface area contributed by atoms with Crippen molar-refractivity contribution >= 4 is 42.4 Å². The molecule has 1 N–H and O–H groups in total. The Bertz CT molecular complexity index is 1100. The Morgan fingerprint density at radius 3 is 2.58 bits per heavy atom. The van der Waals surface area contributed by atoms with E-state index in [-0.39, 0.29) is 4.90 Å². The van der Waals surface area contributed by atoms with Crippen molar-refractivity contribution in [3.05, 3.63) is 70.6 Å². The molecule has 4 rings (SSSR count). The van der Waals surface area contributed by atoms with Gasteiger partial charge in [0.05, 0.1) is 4.90 Å². The molecule has 0 spiro atoms. The van der Waals surface area contributed by atoms with E-state index < -0.39 is 15.8 Å². The summed E-state index contributed by atoms with van der Waals surface area (Å²) in [5.74, 6) is -0.449. The van der Waals surface area contributed by atoms with E-state index in [2.05, 4.69) is 27.0 Å². The number of benzene rings is 2. The number of aromatic nitrogens is 1. The molecule has 0 bridgehead atoms. The van der Waals surface area contributed by atoms with Crippen LogP contribution in [0.15, 0.2) is 64.1 Å². The van der Waals surface area contributed by atoms with Gasteiger partial charge in [-0.15, -0.1) is 0 Å². The minimum absolute atomic E-state index is 0.117. The number of aromatic amines is 1. The van der Waals surface area contributed by atoms with Crippen LogP contribution in [-0.4, -0.2) is 30.8 Å². The van der Waals surface area contributed by atoms with Crippen molar-refractivity contribution in [2.45, 2.75) is 11.3 Å². The van der Waals surface area contributed by atoms with Crippen molar-refractivity contribution in [2.75, 3.05) is 13.1 Å². The summed E-state index contributed by atoms with van der Waals surface area (Å²) in [6, 6.07) is 11.0. The zero-order valence-corrected chi connectivity index (χ0v) is 16.1. The number of hydrogen-bond donors (Lipinski definition) is 1. The molecule has 0 atom stereocenters. The summed E-state index contributed by atoms with van der Waals surface area (Å²) in [7, 11) is -3.61. The number of halogens is 2. The second kappa shape index (κ2) is 6.64. The Balaban J connectivity index is 1.61. The largest absolute Gasteiger partial charge is 0.361 e. The van der Waals surface area contributed by atoms with Crippen LogP contribution in [0.2, 0.25) is 0 Å². The summed E-state index contributed by atoms with van der Waals surface area (Å²) in [6.07, 6.45) is 4.54. The summed E-state index contributed by atoms with van der Waals surface area (Å²) in [4.78, 5) is 3.37. The molecule has 26 heavy (non-hydrogen) atoms. The first-order chi connectivity index (χ1) is 12.4. The maximum absolute atomic E-state index is 13.1. The van der Waals surface area contributed by atoms with Crippen molar-refractivity contribution < 1.29 is 12.8 Å². The maximum atomic E-state index is 13.1. The fraction of sp³-hybridized carbons (Fsp3) is 0.158. The third-order valence-corrected chi connectivity index (χ3v) is 6.99. The van der Waals surface area contributed by atoms with E-state index in [4.69, 9.17) is 0 Å². The molecule has 2 aromatic carbocycles. The lowest BCUT2D eigenvalue weighted by Crippen LogP contribution is -2.34. The average Bonchev–Trinajstić information content (AvgIpc) is 3.05. The standard InChI is InChI=1S/C19H16BrFN2O2S/c20-14-1-6-19-17(11-14)18(12-22-19)13-7-9-23(10-8-13)26(24,25)16-4-2-15(21)3-5-16/h1-7,11-12,22H,8-10H2. The van der Waals surface area contributed by atoms with Crippen LogP contribution in [0, 0.1) is 5.82 Å². The predicted octanol–water partition coefficient (Wildman–Crippen LogP) is 4.55. The molecule has 0 unspecified atom stereocenters. The molecule has 134 valence electrons. The molecule has 1 aliphatic heterocycles. The fourth-order valence-corrected chi connectivity index (χ4v) is 4.97. The van der Waals surface area contributed by atoms with Gasteiger partial charge in [0.15, 0.2) is 0 Å². The van der Waals surface area contributed by atoms with E-state index in [1.807, 2.05) is 24.4 Å². The first kappa shape index (κ1) is 17.5. The molecule has 0 saturated heterocycles. The monoisotopic (exact) mass is 434 g/mol. The van der Waals surface area contributed by atoms with Crippen LogP contribution in [0.5, 0.6) is 0 Å². The Morgan fingerprint density at radius 1 is 1.12 bits per heavy atom. The average molecular weight is 435 g/mol. The predicted molar refractivity (Wildman–Crippen MR) is 104 cm³/mol. The van der Waals surface area contributed by atoms with Crippen LogP contribution >= 0.6 is 15.9 Å². The quantitative estimate of drug-likeness (QED) is 0.657. The fourth-order valence-electron chi connectivity index (χ4n) is 3.23. The molecule has 0 fully saturated rings. The number of fused-ring (bicyclic) bond motifs is 1. The molecule has 1 aliphatic rings. The molecule has 1 aromatic heterocycles. The minimum Gasteiger partial charge on any atom is -0.361 e. The summed E-state index contributed by atoms with van der Waals surface area (Å²) in [5, 5.41) is 1.11. The van der Waals surface area contributed by atoms with Crippen molar-refractivity contribution in [1.82, 2.24) is 9.29 Å². The number of rotatable bonds is 3. The molecule has 4 nitrogen and oxygen atoms in total. The second-order valence-corrected chi connectivity index (χ2v) is 9.04. The van der Waals surface area contributed by atoms with E-state index >= 15 is 0 Å². The van der Waals surface area contributed by atoms with Crippen molar-refractivity contribution in [3.8, 4) is 0 Å². The van der Waals surface area contributed by atoms with Gasteiger partial charge < -0.3 is 4.98 Å². The zero-order valence-electron chi connectivity index (χ0n) is 13.7. The van der Waals surface area contributed by atoms with E-state index in [1.54, 1.807) is 0 Å². The lowest BCUT2D eigenvalue weighted by molar-refractivity contribution is 0.441. The topological polar surface area (TPSA) is 53.2 Å². The van der Waals surface area contributed by atoms with Gasteiger partial charge >= 0.3 is 0 Å². The molecule has 0 saturated carbocycles. The summed E-state index contributed by atoms with van der Waals surface area (Å²) < 4.78 is 40.9. The van der Waals surface area contributed by atoms with Crippen LogP contribution in [0.3, 0.4) is 0 Å². The summed E-state index contributed by atoms with van der Waals surface area (Å²) in [5.41, 5.74) is 3.27. The number of hydrogen-bond acceptors (Lipinski definition) is 2. The molecule has 0 aliphatic carbocycles. The Labute approximate surface area is 159 Å². The third kappa shape index (κ3) is 3.11. The Hall–Kier alpha value is -1.96. The van der Waals surface area contributed by atoms with Crippen molar-refractivity contribution in [2.24, 2.45) is 0 Å². The highest BCUT2D eigenvalue weighted by atomic mass is 79.9. The highest BCUT2D eigenvalue weighted by Crippen LogP contribution is 2.32. The highest BCUT2D eigenvalue weighted by molar-refractivity contribution is 9.10. The third-order valence-electron chi connectivity index (χ3n) is 4.61. The zero-order chi connectivity index (χ0) is 18.3. The lowest BCUT2D eigenvalue weighted by Gasteiger charge is -2.25. The van der Waals surface area contributed by atoms with Gasteiger partial charge in [-0.3, -0.25) is 0 Å². The highest BCUT2D eigenvalue weighted by Gasteiger charge is 2.26. The SMILES string of the molecule is O=S(=O)(c1ccc(F)cc1)N1CC=C(c2c[nH]c3ccc(Br)cc23)CC1. The van der Waals surface area contributed by atoms with Gasteiger partial charge in [0.25, 0.3) is 0 Å². The smallest absolute Gasteiger partial charge is 0.243 e. The van der Waals surface area contributed by atoms with Gasteiger partial charge in [0.2, 0.25) is 10.0 Å². The van der Waals surface area contributed by atoms with Crippen LogP contribution in [0.4, 0.5) is 4.39 Å².